The van der Waals surface area contributed by atoms with Crippen LogP contribution >= 0.6 is 39.0 Å². The highest BCUT2D eigenvalue weighted by Crippen LogP contribution is 2.34. The molecule has 1 atom stereocenters. The van der Waals surface area contributed by atoms with Gasteiger partial charge in [0.15, 0.2) is 4.34 Å². The number of anilines is 2. The number of aromatic nitrogens is 1. The van der Waals surface area contributed by atoms with Crippen LogP contribution in [0, 0.1) is 20.8 Å². The lowest BCUT2D eigenvalue weighted by Crippen LogP contribution is -2.23. The summed E-state index contributed by atoms with van der Waals surface area (Å²) in [4.78, 5) is 30.1. The molecule has 4 rings (SSSR count). The standard InChI is InChI=1S/C26H24BrN3O2S2/c1-14-11-15(2)23(16(3)12-14)30-24(31)17(4)33-26-29-21-10-9-18(13-22(21)34-26)28-25(32)19-7-5-6-8-20(19)27/h5-13,17H,1-4H3,(H,28,32)(H,30,31)/t17-/m0/s1. The van der Waals surface area contributed by atoms with Crippen LogP contribution in [0.3, 0.4) is 0 Å². The van der Waals surface area contributed by atoms with Gasteiger partial charge >= 0.3 is 0 Å². The van der Waals surface area contributed by atoms with E-state index in [0.717, 1.165) is 35.8 Å². The molecule has 0 saturated carbocycles. The number of carbonyl (C=O) groups is 2. The average molecular weight is 555 g/mol. The Hall–Kier alpha value is -2.68. The maximum atomic E-state index is 12.9. The molecule has 0 radical (unpaired) electrons. The van der Waals surface area contributed by atoms with E-state index in [1.165, 1.54) is 28.7 Å². The molecule has 2 amide bonds. The van der Waals surface area contributed by atoms with Crippen LogP contribution < -0.4 is 10.6 Å². The number of nitrogens with one attached hydrogen (secondary N) is 2. The Bertz CT molecular complexity index is 1380. The quantitative estimate of drug-likeness (QED) is 0.245. The number of thiazole rings is 1. The third-order valence-corrected chi connectivity index (χ3v) is 8.22. The first-order valence-electron chi connectivity index (χ1n) is 10.7. The van der Waals surface area contributed by atoms with E-state index in [2.05, 4.69) is 50.6 Å². The number of rotatable bonds is 6. The van der Waals surface area contributed by atoms with Crippen molar-refractivity contribution in [2.24, 2.45) is 0 Å². The zero-order valence-corrected chi connectivity index (χ0v) is 22.5. The van der Waals surface area contributed by atoms with Gasteiger partial charge in [-0.3, -0.25) is 9.59 Å². The number of hydrogen-bond donors (Lipinski definition) is 2. The molecule has 0 spiro atoms. The number of carbonyl (C=O) groups excluding carboxylic acids is 2. The van der Waals surface area contributed by atoms with Crippen LogP contribution in [0.15, 0.2) is 63.4 Å². The number of hydrogen-bond acceptors (Lipinski definition) is 5. The van der Waals surface area contributed by atoms with Crippen molar-refractivity contribution in [3.8, 4) is 0 Å². The van der Waals surface area contributed by atoms with Gasteiger partial charge in [-0.25, -0.2) is 4.98 Å². The molecule has 0 fully saturated rings. The van der Waals surface area contributed by atoms with E-state index in [9.17, 15) is 9.59 Å². The molecule has 0 aliphatic heterocycles. The zero-order chi connectivity index (χ0) is 24.4. The SMILES string of the molecule is Cc1cc(C)c(NC(=O)[C@H](C)Sc2nc3ccc(NC(=O)c4ccccc4Br)cc3s2)c(C)c1. The van der Waals surface area contributed by atoms with E-state index >= 15 is 0 Å². The Morgan fingerprint density at radius 3 is 2.41 bits per heavy atom. The van der Waals surface area contributed by atoms with Gasteiger partial charge in [-0.05, 0) is 85.1 Å². The second-order valence-electron chi connectivity index (χ2n) is 8.12. The lowest BCUT2D eigenvalue weighted by Gasteiger charge is -2.15. The fraction of sp³-hybridized carbons (Fsp3) is 0.192. The number of amides is 2. The number of halogens is 1. The van der Waals surface area contributed by atoms with Gasteiger partial charge in [-0.15, -0.1) is 11.3 Å². The smallest absolute Gasteiger partial charge is 0.256 e. The van der Waals surface area contributed by atoms with Crippen LogP contribution in [0.25, 0.3) is 10.2 Å². The van der Waals surface area contributed by atoms with Gasteiger partial charge in [0.25, 0.3) is 5.91 Å². The highest BCUT2D eigenvalue weighted by molar-refractivity contribution is 9.10. The molecule has 1 heterocycles. The molecule has 8 heteroatoms. The molecule has 0 aliphatic rings. The second-order valence-corrected chi connectivity index (χ2v) is 11.6. The lowest BCUT2D eigenvalue weighted by molar-refractivity contribution is -0.115. The van der Waals surface area contributed by atoms with Crippen LogP contribution in [0.5, 0.6) is 0 Å². The van der Waals surface area contributed by atoms with Gasteiger partial charge in [-0.1, -0.05) is 41.6 Å². The third kappa shape index (κ3) is 5.51. The minimum atomic E-state index is -0.310. The maximum Gasteiger partial charge on any atom is 0.256 e. The molecular weight excluding hydrogens is 530 g/mol. The van der Waals surface area contributed by atoms with Crippen molar-refractivity contribution < 1.29 is 9.59 Å². The number of aryl methyl sites for hydroxylation is 3. The monoisotopic (exact) mass is 553 g/mol. The van der Waals surface area contributed by atoms with Crippen molar-refractivity contribution in [2.45, 2.75) is 37.3 Å². The number of thioether (sulfide) groups is 1. The van der Waals surface area contributed by atoms with Crippen molar-refractivity contribution in [1.29, 1.82) is 0 Å². The molecule has 0 saturated heterocycles. The fourth-order valence-corrected chi connectivity index (χ4v) is 6.40. The summed E-state index contributed by atoms with van der Waals surface area (Å²) < 4.78 is 2.50. The average Bonchev–Trinajstić information content (AvgIpc) is 3.17. The first kappa shape index (κ1) is 24.4. The van der Waals surface area contributed by atoms with Gasteiger partial charge in [0, 0.05) is 15.8 Å². The maximum absolute atomic E-state index is 12.9. The van der Waals surface area contributed by atoms with Crippen molar-refractivity contribution in [1.82, 2.24) is 4.98 Å². The van der Waals surface area contributed by atoms with Gasteiger partial charge in [0.1, 0.15) is 0 Å². The van der Waals surface area contributed by atoms with Gasteiger partial charge in [0.05, 0.1) is 21.0 Å². The van der Waals surface area contributed by atoms with Crippen molar-refractivity contribution in [3.05, 3.63) is 81.3 Å². The Morgan fingerprint density at radius 2 is 1.71 bits per heavy atom. The Morgan fingerprint density at radius 1 is 1.00 bits per heavy atom. The number of fused-ring (bicyclic) bond motifs is 1. The molecule has 0 unspecified atom stereocenters. The summed E-state index contributed by atoms with van der Waals surface area (Å²) in [5.74, 6) is -0.237. The molecular formula is C26H24BrN3O2S2. The van der Waals surface area contributed by atoms with Gasteiger partial charge in [0.2, 0.25) is 5.91 Å². The second kappa shape index (κ2) is 10.3. The summed E-state index contributed by atoms with van der Waals surface area (Å²) in [5.41, 5.74) is 6.27. The Labute approximate surface area is 215 Å². The minimum absolute atomic E-state index is 0.0549. The van der Waals surface area contributed by atoms with E-state index in [0.29, 0.717) is 11.3 Å². The molecule has 1 aromatic heterocycles. The topological polar surface area (TPSA) is 71.1 Å². The molecule has 34 heavy (non-hydrogen) atoms. The van der Waals surface area contributed by atoms with Crippen LogP contribution in [0.2, 0.25) is 0 Å². The van der Waals surface area contributed by atoms with E-state index < -0.39 is 0 Å². The Kier molecular flexibility index (Phi) is 7.40. The molecule has 0 aliphatic carbocycles. The van der Waals surface area contributed by atoms with Crippen LogP contribution in [0.1, 0.15) is 34.0 Å². The van der Waals surface area contributed by atoms with Gasteiger partial charge < -0.3 is 10.6 Å². The molecule has 0 bridgehead atoms. The normalized spacial score (nSPS) is 11.9. The molecule has 3 aromatic carbocycles. The summed E-state index contributed by atoms with van der Waals surface area (Å²) in [6.07, 6.45) is 0. The van der Waals surface area contributed by atoms with Crippen LogP contribution in [-0.2, 0) is 4.79 Å². The molecule has 2 N–H and O–H groups in total. The molecule has 5 nitrogen and oxygen atoms in total. The summed E-state index contributed by atoms with van der Waals surface area (Å²) in [6.45, 7) is 7.95. The summed E-state index contributed by atoms with van der Waals surface area (Å²) in [5, 5.41) is 5.71. The number of benzene rings is 3. The lowest BCUT2D eigenvalue weighted by atomic mass is 10.1. The van der Waals surface area contributed by atoms with Crippen molar-refractivity contribution >= 4 is 72.4 Å². The van der Waals surface area contributed by atoms with Crippen molar-refractivity contribution in [2.75, 3.05) is 10.6 Å². The molecule has 4 aromatic rings. The Balaban J connectivity index is 1.45. The predicted octanol–water partition coefficient (Wildman–Crippen LogP) is 7.36. The number of nitrogens with zero attached hydrogens (tertiary/aromatic N) is 1. The highest BCUT2D eigenvalue weighted by Gasteiger charge is 2.19. The van der Waals surface area contributed by atoms with Crippen molar-refractivity contribution in [3.63, 3.8) is 0 Å². The van der Waals surface area contributed by atoms with E-state index in [-0.39, 0.29) is 17.1 Å². The first-order chi connectivity index (χ1) is 16.2. The minimum Gasteiger partial charge on any atom is -0.325 e. The summed E-state index contributed by atoms with van der Waals surface area (Å²) in [7, 11) is 0. The predicted molar refractivity (Wildman–Crippen MR) is 146 cm³/mol. The van der Waals surface area contributed by atoms with Crippen LogP contribution in [0.4, 0.5) is 11.4 Å². The van der Waals surface area contributed by atoms with Crippen LogP contribution in [-0.4, -0.2) is 22.0 Å². The summed E-state index contributed by atoms with van der Waals surface area (Å²) in [6, 6.07) is 17.1. The third-order valence-electron chi connectivity index (χ3n) is 5.32. The molecule has 174 valence electrons. The highest BCUT2D eigenvalue weighted by atomic mass is 79.9. The van der Waals surface area contributed by atoms with E-state index in [1.807, 2.05) is 57.2 Å². The fourth-order valence-electron chi connectivity index (χ4n) is 3.68. The van der Waals surface area contributed by atoms with E-state index in [1.54, 1.807) is 6.07 Å². The van der Waals surface area contributed by atoms with Gasteiger partial charge in [-0.2, -0.15) is 0 Å². The summed E-state index contributed by atoms with van der Waals surface area (Å²) >= 11 is 6.36. The zero-order valence-electron chi connectivity index (χ0n) is 19.2. The first-order valence-corrected chi connectivity index (χ1v) is 13.2. The van der Waals surface area contributed by atoms with E-state index in [4.69, 9.17) is 0 Å². The largest absolute Gasteiger partial charge is 0.325 e.